The van der Waals surface area contributed by atoms with Gasteiger partial charge in [-0.15, -0.1) is 0 Å². The summed E-state index contributed by atoms with van der Waals surface area (Å²) < 4.78 is 34.3. The lowest BCUT2D eigenvalue weighted by molar-refractivity contribution is -0.126. The van der Waals surface area contributed by atoms with Crippen molar-refractivity contribution in [3.05, 3.63) is 23.8 Å². The highest BCUT2D eigenvalue weighted by Gasteiger charge is 2.23. The molecule has 1 aliphatic rings. The van der Waals surface area contributed by atoms with Gasteiger partial charge in [-0.05, 0) is 44.5 Å². The monoisotopic (exact) mass is 356 g/mol. The number of nitrogens with one attached hydrogen (secondary N) is 1. The molecule has 0 heterocycles. The van der Waals surface area contributed by atoms with E-state index in [4.69, 9.17) is 4.74 Å². The van der Waals surface area contributed by atoms with Gasteiger partial charge in [-0.3, -0.25) is 9.69 Å². The van der Waals surface area contributed by atoms with Crippen LogP contribution < -0.4 is 14.8 Å². The maximum atomic E-state index is 12.4. The van der Waals surface area contributed by atoms with E-state index in [2.05, 4.69) is 10.1 Å². The van der Waals surface area contributed by atoms with Crippen LogP contribution in [0.25, 0.3) is 0 Å². The molecule has 0 aliphatic heterocycles. The SMILES string of the molecule is COc1cc(CN(C)[C@@H](C)C(=O)NC2CCCC2)ccc1OC(F)F. The molecule has 1 aromatic carbocycles. The molecule has 25 heavy (non-hydrogen) atoms. The van der Waals surface area contributed by atoms with Gasteiger partial charge in [0.1, 0.15) is 0 Å². The molecule has 0 aromatic heterocycles. The van der Waals surface area contributed by atoms with E-state index >= 15 is 0 Å². The Morgan fingerprint density at radius 1 is 1.32 bits per heavy atom. The lowest BCUT2D eigenvalue weighted by atomic mass is 10.1. The van der Waals surface area contributed by atoms with Crippen molar-refractivity contribution in [2.45, 2.75) is 57.8 Å². The van der Waals surface area contributed by atoms with E-state index in [0.717, 1.165) is 18.4 Å². The molecule has 5 nitrogen and oxygen atoms in total. The van der Waals surface area contributed by atoms with Crippen LogP contribution in [0.1, 0.15) is 38.2 Å². The predicted molar refractivity (Wildman–Crippen MR) is 91.0 cm³/mol. The van der Waals surface area contributed by atoms with Crippen molar-refractivity contribution in [3.8, 4) is 11.5 Å². The van der Waals surface area contributed by atoms with Gasteiger partial charge >= 0.3 is 6.61 Å². The number of carbonyl (C=O) groups is 1. The van der Waals surface area contributed by atoms with Gasteiger partial charge in [0.25, 0.3) is 0 Å². The first-order chi connectivity index (χ1) is 11.9. The summed E-state index contributed by atoms with van der Waals surface area (Å²) in [5.41, 5.74) is 0.849. The Balaban J connectivity index is 1.96. The maximum absolute atomic E-state index is 12.4. The van der Waals surface area contributed by atoms with Gasteiger partial charge in [-0.25, -0.2) is 0 Å². The summed E-state index contributed by atoms with van der Waals surface area (Å²) in [6.07, 6.45) is 4.43. The topological polar surface area (TPSA) is 50.8 Å². The molecule has 7 heteroatoms. The second-order valence-corrected chi connectivity index (χ2v) is 6.44. The summed E-state index contributed by atoms with van der Waals surface area (Å²) in [5.74, 6) is 0.254. The predicted octanol–water partition coefficient (Wildman–Crippen LogP) is 3.18. The Hall–Kier alpha value is -1.89. The second kappa shape index (κ2) is 8.99. The molecular weight excluding hydrogens is 330 g/mol. The number of carbonyl (C=O) groups excluding carboxylic acids is 1. The average molecular weight is 356 g/mol. The summed E-state index contributed by atoms with van der Waals surface area (Å²) >= 11 is 0. The molecule has 1 atom stereocenters. The van der Waals surface area contributed by atoms with Crippen LogP contribution in [0.4, 0.5) is 8.78 Å². The fourth-order valence-electron chi connectivity index (χ4n) is 3.02. The second-order valence-electron chi connectivity index (χ2n) is 6.44. The van der Waals surface area contributed by atoms with E-state index < -0.39 is 6.61 Å². The smallest absolute Gasteiger partial charge is 0.387 e. The quantitative estimate of drug-likeness (QED) is 0.777. The first kappa shape index (κ1) is 19.4. The third-order valence-corrected chi connectivity index (χ3v) is 4.62. The van der Waals surface area contributed by atoms with Gasteiger partial charge in [-0.1, -0.05) is 18.9 Å². The molecule has 1 saturated carbocycles. The van der Waals surface area contributed by atoms with Crippen LogP contribution in [0, 0.1) is 0 Å². The van der Waals surface area contributed by atoms with Gasteiger partial charge in [0.15, 0.2) is 11.5 Å². The molecule has 0 bridgehead atoms. The largest absolute Gasteiger partial charge is 0.493 e. The van der Waals surface area contributed by atoms with Gasteiger partial charge in [0.05, 0.1) is 13.2 Å². The highest BCUT2D eigenvalue weighted by Crippen LogP contribution is 2.30. The van der Waals surface area contributed by atoms with Crippen LogP contribution >= 0.6 is 0 Å². The van der Waals surface area contributed by atoms with E-state index in [-0.39, 0.29) is 29.5 Å². The number of amides is 1. The zero-order valence-corrected chi connectivity index (χ0v) is 14.9. The Morgan fingerprint density at radius 3 is 2.60 bits per heavy atom. The van der Waals surface area contributed by atoms with Gasteiger partial charge in [-0.2, -0.15) is 8.78 Å². The number of benzene rings is 1. The van der Waals surface area contributed by atoms with Crippen LogP contribution in [0.5, 0.6) is 11.5 Å². The van der Waals surface area contributed by atoms with Crippen LogP contribution in [-0.4, -0.2) is 43.7 Å². The van der Waals surface area contributed by atoms with E-state index in [1.165, 1.54) is 26.0 Å². The van der Waals surface area contributed by atoms with Gasteiger partial charge in [0, 0.05) is 12.6 Å². The normalized spacial score (nSPS) is 16.3. The lowest BCUT2D eigenvalue weighted by Gasteiger charge is -2.25. The van der Waals surface area contributed by atoms with Crippen molar-refractivity contribution in [3.63, 3.8) is 0 Å². The van der Waals surface area contributed by atoms with Crippen LogP contribution in [0.15, 0.2) is 18.2 Å². The van der Waals surface area contributed by atoms with Crippen molar-refractivity contribution in [1.29, 1.82) is 0 Å². The highest BCUT2D eigenvalue weighted by molar-refractivity contribution is 5.81. The van der Waals surface area contributed by atoms with Crippen molar-refractivity contribution in [2.24, 2.45) is 0 Å². The number of nitrogens with zero attached hydrogens (tertiary/aromatic N) is 1. The molecule has 0 radical (unpaired) electrons. The molecule has 1 aliphatic carbocycles. The molecule has 1 amide bonds. The Bertz CT molecular complexity index is 577. The molecule has 1 N–H and O–H groups in total. The molecule has 140 valence electrons. The van der Waals surface area contributed by atoms with E-state index in [1.807, 2.05) is 18.9 Å². The number of halogens is 2. The number of likely N-dealkylation sites (N-methyl/N-ethyl adjacent to an activating group) is 1. The van der Waals surface area contributed by atoms with E-state index in [0.29, 0.717) is 6.54 Å². The fourth-order valence-corrected chi connectivity index (χ4v) is 3.02. The molecule has 1 fully saturated rings. The Kier molecular flexibility index (Phi) is 6.99. The number of hydrogen-bond donors (Lipinski definition) is 1. The van der Waals surface area contributed by atoms with Crippen molar-refractivity contribution < 1.29 is 23.0 Å². The van der Waals surface area contributed by atoms with Crippen LogP contribution in [0.3, 0.4) is 0 Å². The first-order valence-corrected chi connectivity index (χ1v) is 8.53. The Morgan fingerprint density at radius 2 is 2.00 bits per heavy atom. The third-order valence-electron chi connectivity index (χ3n) is 4.62. The molecule has 0 unspecified atom stereocenters. The summed E-state index contributed by atoms with van der Waals surface area (Å²) in [6.45, 7) is -0.554. The molecule has 0 saturated heterocycles. The number of methoxy groups -OCH3 is 1. The average Bonchev–Trinajstić information content (AvgIpc) is 3.07. The van der Waals surface area contributed by atoms with E-state index in [9.17, 15) is 13.6 Å². The minimum atomic E-state index is -2.90. The number of hydrogen-bond acceptors (Lipinski definition) is 4. The molecule has 2 rings (SSSR count). The number of rotatable bonds is 8. The molecule has 1 aromatic rings. The summed E-state index contributed by atoms with van der Waals surface area (Å²) in [5, 5.41) is 3.09. The van der Waals surface area contributed by atoms with Crippen LogP contribution in [-0.2, 0) is 11.3 Å². The third kappa shape index (κ3) is 5.56. The fraction of sp³-hybridized carbons (Fsp3) is 0.611. The van der Waals surface area contributed by atoms with Crippen molar-refractivity contribution in [1.82, 2.24) is 10.2 Å². The van der Waals surface area contributed by atoms with Crippen LogP contribution in [0.2, 0.25) is 0 Å². The number of alkyl halides is 2. The Labute approximate surface area is 147 Å². The minimum absolute atomic E-state index is 0.00377. The standard InChI is InChI=1S/C18H26F2N2O3/c1-12(17(23)21-14-6-4-5-7-14)22(2)11-13-8-9-15(25-18(19)20)16(10-13)24-3/h8-10,12,14,18H,4-7,11H2,1-3H3,(H,21,23)/t12-/m0/s1. The van der Waals surface area contributed by atoms with Crippen molar-refractivity contribution in [2.75, 3.05) is 14.2 Å². The zero-order chi connectivity index (χ0) is 18.4. The summed E-state index contributed by atoms with van der Waals surface area (Å²) in [7, 11) is 3.26. The highest BCUT2D eigenvalue weighted by atomic mass is 19.3. The van der Waals surface area contributed by atoms with Gasteiger partial charge in [0.2, 0.25) is 5.91 Å². The maximum Gasteiger partial charge on any atom is 0.387 e. The van der Waals surface area contributed by atoms with E-state index in [1.54, 1.807) is 12.1 Å². The summed E-state index contributed by atoms with van der Waals surface area (Å²) in [6, 6.07) is 4.80. The first-order valence-electron chi connectivity index (χ1n) is 8.53. The lowest BCUT2D eigenvalue weighted by Crippen LogP contribution is -2.46. The van der Waals surface area contributed by atoms with Crippen molar-refractivity contribution >= 4 is 5.91 Å². The molecular formula is C18H26F2N2O3. The zero-order valence-electron chi connectivity index (χ0n) is 14.9. The minimum Gasteiger partial charge on any atom is -0.493 e. The summed E-state index contributed by atoms with van der Waals surface area (Å²) in [4.78, 5) is 14.3. The molecule has 0 spiro atoms. The number of ether oxygens (including phenoxy) is 2. The van der Waals surface area contributed by atoms with Gasteiger partial charge < -0.3 is 14.8 Å².